The number of esters is 1. The van der Waals surface area contributed by atoms with Crippen LogP contribution in [-0.2, 0) is 14.3 Å². The summed E-state index contributed by atoms with van der Waals surface area (Å²) in [7, 11) is 0. The molecule has 5 rings (SSSR count). The maximum atomic E-state index is 12.8. The van der Waals surface area contributed by atoms with Gasteiger partial charge in [0, 0.05) is 16.8 Å². The van der Waals surface area contributed by atoms with E-state index in [9.17, 15) is 9.59 Å². The second-order valence-electron chi connectivity index (χ2n) is 9.14. The number of nitrogens with zero attached hydrogens (tertiary/aromatic N) is 1. The Morgan fingerprint density at radius 2 is 1.65 bits per heavy atom. The molecule has 4 aromatic rings. The fourth-order valence-electron chi connectivity index (χ4n) is 4.79. The van der Waals surface area contributed by atoms with E-state index >= 15 is 0 Å². The van der Waals surface area contributed by atoms with Crippen molar-refractivity contribution in [3.8, 4) is 5.75 Å². The summed E-state index contributed by atoms with van der Waals surface area (Å²) in [6, 6.07) is 24.8. The number of carbonyl (C=O) groups excluding carboxylic acids is 2. The number of hydrogen-bond acceptors (Lipinski definition) is 6. The highest BCUT2D eigenvalue weighted by molar-refractivity contribution is 7.80. The summed E-state index contributed by atoms with van der Waals surface area (Å²) in [5.74, 6) is -0.462. The Morgan fingerprint density at radius 3 is 2.35 bits per heavy atom. The number of rotatable bonds is 8. The van der Waals surface area contributed by atoms with Gasteiger partial charge in [0.2, 0.25) is 0 Å². The first-order chi connectivity index (χ1) is 19.5. The molecule has 1 atom stereocenters. The first-order valence-corrected chi connectivity index (χ1v) is 13.3. The molecule has 0 aromatic heterocycles. The normalized spacial score (nSPS) is 15.2. The molecule has 40 heavy (non-hydrogen) atoms. The van der Waals surface area contributed by atoms with Gasteiger partial charge in [-0.05, 0) is 59.7 Å². The average molecular weight is 553 g/mol. The van der Waals surface area contributed by atoms with Crippen LogP contribution in [0.15, 0.2) is 95.2 Å². The molecule has 1 aliphatic rings. The standard InChI is InChI=1S/C31H28N4O4S/c1-3-38-30(37)28-19(2)33-31(40)34-29(28)24-14-8-9-15-26(24)39-18-27(36)35-32-17-25-22-12-6-4-10-20(22)16-21-11-5-7-13-23(21)25/h4-17,29H,3,18H2,1-2H3,(H,35,36)(H2,33,34,40)/t29-/m1/s1. The molecule has 4 aromatic carbocycles. The van der Waals surface area contributed by atoms with Crippen LogP contribution in [0.2, 0.25) is 0 Å². The smallest absolute Gasteiger partial charge is 0.338 e. The van der Waals surface area contributed by atoms with Crippen LogP contribution in [0.3, 0.4) is 0 Å². The third kappa shape index (κ3) is 5.64. The van der Waals surface area contributed by atoms with Crippen molar-refractivity contribution in [1.29, 1.82) is 0 Å². The molecule has 1 aliphatic heterocycles. The molecule has 9 heteroatoms. The third-order valence-corrected chi connectivity index (χ3v) is 6.77. The number of thiocarbonyl (C=S) groups is 1. The largest absolute Gasteiger partial charge is 0.483 e. The lowest BCUT2D eigenvalue weighted by Gasteiger charge is -2.30. The van der Waals surface area contributed by atoms with E-state index in [0.717, 1.165) is 27.1 Å². The van der Waals surface area contributed by atoms with Gasteiger partial charge in [-0.2, -0.15) is 5.10 Å². The molecule has 3 N–H and O–H groups in total. The third-order valence-electron chi connectivity index (χ3n) is 6.55. The van der Waals surface area contributed by atoms with Gasteiger partial charge < -0.3 is 20.1 Å². The van der Waals surface area contributed by atoms with E-state index < -0.39 is 17.9 Å². The molecule has 0 spiro atoms. The van der Waals surface area contributed by atoms with Gasteiger partial charge >= 0.3 is 5.97 Å². The molecule has 0 fully saturated rings. The van der Waals surface area contributed by atoms with Gasteiger partial charge in [0.05, 0.1) is 24.4 Å². The van der Waals surface area contributed by atoms with E-state index in [1.165, 1.54) is 0 Å². The lowest BCUT2D eigenvalue weighted by molar-refractivity contribution is -0.139. The summed E-state index contributed by atoms with van der Waals surface area (Å²) < 4.78 is 11.2. The van der Waals surface area contributed by atoms with Gasteiger partial charge in [-0.25, -0.2) is 10.2 Å². The lowest BCUT2D eigenvalue weighted by atomic mass is 9.95. The molecule has 0 saturated heterocycles. The summed E-state index contributed by atoms with van der Waals surface area (Å²) in [6.07, 6.45) is 1.66. The molecule has 0 unspecified atom stereocenters. The molecule has 1 amide bonds. The lowest BCUT2D eigenvalue weighted by Crippen LogP contribution is -2.45. The monoisotopic (exact) mass is 552 g/mol. The molecule has 0 aliphatic carbocycles. The zero-order chi connectivity index (χ0) is 28.1. The highest BCUT2D eigenvalue weighted by Gasteiger charge is 2.32. The molecule has 202 valence electrons. The Hall–Kier alpha value is -4.76. The van der Waals surface area contributed by atoms with E-state index in [1.54, 1.807) is 32.2 Å². The summed E-state index contributed by atoms with van der Waals surface area (Å²) in [4.78, 5) is 25.5. The molecule has 0 bridgehead atoms. The van der Waals surface area contributed by atoms with E-state index in [-0.39, 0.29) is 13.2 Å². The number of nitrogens with one attached hydrogen (secondary N) is 3. The summed E-state index contributed by atoms with van der Waals surface area (Å²) in [5.41, 5.74) is 5.11. The van der Waals surface area contributed by atoms with Crippen LogP contribution in [-0.4, -0.2) is 36.4 Å². The van der Waals surface area contributed by atoms with Crippen molar-refractivity contribution in [2.75, 3.05) is 13.2 Å². The predicted octanol–water partition coefficient (Wildman–Crippen LogP) is 4.88. The Balaban J connectivity index is 1.33. The van der Waals surface area contributed by atoms with E-state index in [2.05, 4.69) is 39.4 Å². The molecular weight excluding hydrogens is 524 g/mol. The maximum Gasteiger partial charge on any atom is 0.338 e. The summed E-state index contributed by atoms with van der Waals surface area (Å²) in [5, 5.41) is 15.0. The van der Waals surface area contributed by atoms with Crippen molar-refractivity contribution in [3.63, 3.8) is 0 Å². The van der Waals surface area contributed by atoms with Gasteiger partial charge in [-0.3, -0.25) is 4.79 Å². The highest BCUT2D eigenvalue weighted by atomic mass is 32.1. The zero-order valence-corrected chi connectivity index (χ0v) is 22.9. The van der Waals surface area contributed by atoms with Gasteiger partial charge in [0.15, 0.2) is 11.7 Å². The number of benzene rings is 4. The quantitative estimate of drug-likeness (QED) is 0.0942. The summed E-state index contributed by atoms with van der Waals surface area (Å²) >= 11 is 5.33. The predicted molar refractivity (Wildman–Crippen MR) is 160 cm³/mol. The van der Waals surface area contributed by atoms with Crippen LogP contribution < -0.4 is 20.8 Å². The molecular formula is C31H28N4O4S. The fraction of sp³-hybridized carbons (Fsp3) is 0.161. The van der Waals surface area contributed by atoms with Crippen molar-refractivity contribution in [1.82, 2.24) is 16.1 Å². The van der Waals surface area contributed by atoms with Crippen LogP contribution in [0.5, 0.6) is 5.75 Å². The number of fused-ring (bicyclic) bond motifs is 2. The number of para-hydroxylation sites is 1. The minimum atomic E-state index is -0.607. The molecule has 0 saturated carbocycles. The van der Waals surface area contributed by atoms with Crippen molar-refractivity contribution in [2.45, 2.75) is 19.9 Å². The van der Waals surface area contributed by atoms with Crippen molar-refractivity contribution in [3.05, 3.63) is 101 Å². The van der Waals surface area contributed by atoms with Crippen LogP contribution in [0.25, 0.3) is 21.5 Å². The number of allylic oxidation sites excluding steroid dienone is 1. The fourth-order valence-corrected chi connectivity index (χ4v) is 5.06. The number of ether oxygens (including phenoxy) is 2. The SMILES string of the molecule is CCOC(=O)C1=C(C)NC(=S)N[C@@H]1c1ccccc1OCC(=O)NN=Cc1c2ccccc2cc2ccccc12. The van der Waals surface area contributed by atoms with Gasteiger partial charge in [-0.1, -0.05) is 66.7 Å². The maximum absolute atomic E-state index is 12.8. The minimum absolute atomic E-state index is 0.236. The van der Waals surface area contributed by atoms with Crippen LogP contribution in [0.4, 0.5) is 0 Å². The zero-order valence-electron chi connectivity index (χ0n) is 22.1. The Bertz CT molecular complexity index is 1630. The topological polar surface area (TPSA) is 101 Å². The number of hydrogen-bond donors (Lipinski definition) is 3. The molecule has 8 nitrogen and oxygen atoms in total. The average Bonchev–Trinajstić information content (AvgIpc) is 2.95. The Labute approximate surface area is 237 Å². The Morgan fingerprint density at radius 1 is 1.00 bits per heavy atom. The van der Waals surface area contributed by atoms with E-state index in [4.69, 9.17) is 21.7 Å². The molecule has 0 radical (unpaired) electrons. The van der Waals surface area contributed by atoms with Gasteiger partial charge in [-0.15, -0.1) is 0 Å². The van der Waals surface area contributed by atoms with Crippen LogP contribution in [0.1, 0.15) is 31.0 Å². The Kier molecular flexibility index (Phi) is 8.02. The van der Waals surface area contributed by atoms with Crippen molar-refractivity contribution in [2.24, 2.45) is 5.10 Å². The van der Waals surface area contributed by atoms with Crippen molar-refractivity contribution < 1.29 is 19.1 Å². The van der Waals surface area contributed by atoms with E-state index in [1.807, 2.05) is 48.5 Å². The van der Waals surface area contributed by atoms with Gasteiger partial charge in [0.1, 0.15) is 5.75 Å². The van der Waals surface area contributed by atoms with Crippen LogP contribution >= 0.6 is 12.2 Å². The van der Waals surface area contributed by atoms with Crippen LogP contribution in [0, 0.1) is 0 Å². The second-order valence-corrected chi connectivity index (χ2v) is 9.55. The van der Waals surface area contributed by atoms with E-state index in [0.29, 0.717) is 27.7 Å². The second kappa shape index (κ2) is 12.0. The summed E-state index contributed by atoms with van der Waals surface area (Å²) in [6.45, 7) is 3.47. The number of carbonyl (C=O) groups is 2. The first kappa shape index (κ1) is 26.8. The number of amides is 1. The van der Waals surface area contributed by atoms with Crippen molar-refractivity contribution >= 4 is 57.0 Å². The number of hydrazone groups is 1. The minimum Gasteiger partial charge on any atom is -0.483 e. The molecule has 1 heterocycles. The highest BCUT2D eigenvalue weighted by Crippen LogP contribution is 2.33. The van der Waals surface area contributed by atoms with Gasteiger partial charge in [0.25, 0.3) is 5.91 Å². The first-order valence-electron chi connectivity index (χ1n) is 12.9.